The molecule has 0 amide bonds. The predicted molar refractivity (Wildman–Crippen MR) is 87.9 cm³/mol. The molecular formula is C18H26ClNO. The zero-order valence-corrected chi connectivity index (χ0v) is 13.4. The first-order chi connectivity index (χ1) is 10.3. The predicted octanol–water partition coefficient (Wildman–Crippen LogP) is 4.21. The van der Waals surface area contributed by atoms with E-state index in [1.807, 2.05) is 12.1 Å². The van der Waals surface area contributed by atoms with E-state index in [1.165, 1.54) is 44.1 Å². The molecule has 2 aliphatic rings. The summed E-state index contributed by atoms with van der Waals surface area (Å²) in [7, 11) is 0. The van der Waals surface area contributed by atoms with Gasteiger partial charge in [0, 0.05) is 17.7 Å². The number of hydrogen-bond donors (Lipinski definition) is 1. The van der Waals surface area contributed by atoms with Gasteiger partial charge in [0.15, 0.2) is 0 Å². The molecule has 2 fully saturated rings. The standard InChI is InChI=1S/C18H26ClNO/c19-16-6-3-14(4-7-16)12-15(13-20-17-8-9-17)5-10-18-2-1-11-21-18/h3-4,6-7,15,17-18,20H,1-2,5,8-13H2. The third-order valence-electron chi connectivity index (χ3n) is 4.63. The van der Waals surface area contributed by atoms with Crippen molar-refractivity contribution in [1.82, 2.24) is 5.32 Å². The molecule has 0 bridgehead atoms. The van der Waals surface area contributed by atoms with E-state index in [9.17, 15) is 0 Å². The smallest absolute Gasteiger partial charge is 0.0576 e. The molecule has 1 saturated heterocycles. The minimum atomic E-state index is 0.513. The molecule has 1 heterocycles. The van der Waals surface area contributed by atoms with Crippen molar-refractivity contribution in [2.24, 2.45) is 5.92 Å². The minimum Gasteiger partial charge on any atom is -0.378 e. The van der Waals surface area contributed by atoms with Crippen LogP contribution in [-0.4, -0.2) is 25.3 Å². The van der Waals surface area contributed by atoms with Gasteiger partial charge in [-0.05, 0) is 75.1 Å². The summed E-state index contributed by atoms with van der Waals surface area (Å²) >= 11 is 5.98. The summed E-state index contributed by atoms with van der Waals surface area (Å²) in [6.07, 6.45) is 9.34. The second-order valence-electron chi connectivity index (χ2n) is 6.59. The van der Waals surface area contributed by atoms with E-state index >= 15 is 0 Å². The molecule has 2 atom stereocenters. The first-order valence-corrected chi connectivity index (χ1v) is 8.77. The molecule has 0 spiro atoms. The van der Waals surface area contributed by atoms with Gasteiger partial charge in [-0.3, -0.25) is 0 Å². The van der Waals surface area contributed by atoms with E-state index in [2.05, 4.69) is 17.4 Å². The topological polar surface area (TPSA) is 21.3 Å². The summed E-state index contributed by atoms with van der Waals surface area (Å²) in [4.78, 5) is 0. The molecule has 3 rings (SSSR count). The molecule has 0 aromatic heterocycles. The molecular weight excluding hydrogens is 282 g/mol. The molecule has 1 saturated carbocycles. The lowest BCUT2D eigenvalue weighted by molar-refractivity contribution is 0.0979. The van der Waals surface area contributed by atoms with Crippen LogP contribution in [0, 0.1) is 5.92 Å². The Kier molecular flexibility index (Phi) is 5.56. The quantitative estimate of drug-likeness (QED) is 0.777. The average Bonchev–Trinajstić information content (AvgIpc) is 3.18. The summed E-state index contributed by atoms with van der Waals surface area (Å²) < 4.78 is 5.77. The first-order valence-electron chi connectivity index (χ1n) is 8.39. The highest BCUT2D eigenvalue weighted by molar-refractivity contribution is 6.30. The van der Waals surface area contributed by atoms with Crippen molar-refractivity contribution >= 4 is 11.6 Å². The third-order valence-corrected chi connectivity index (χ3v) is 4.88. The van der Waals surface area contributed by atoms with Crippen molar-refractivity contribution in [2.75, 3.05) is 13.2 Å². The van der Waals surface area contributed by atoms with Gasteiger partial charge in [0.25, 0.3) is 0 Å². The van der Waals surface area contributed by atoms with E-state index in [-0.39, 0.29) is 0 Å². The van der Waals surface area contributed by atoms with Crippen LogP contribution >= 0.6 is 11.6 Å². The van der Waals surface area contributed by atoms with Crippen molar-refractivity contribution in [3.05, 3.63) is 34.9 Å². The third kappa shape index (κ3) is 5.28. The maximum absolute atomic E-state index is 5.98. The van der Waals surface area contributed by atoms with Crippen molar-refractivity contribution in [3.8, 4) is 0 Å². The van der Waals surface area contributed by atoms with Crippen molar-refractivity contribution in [3.63, 3.8) is 0 Å². The van der Waals surface area contributed by atoms with Crippen LogP contribution in [0.4, 0.5) is 0 Å². The Bertz CT molecular complexity index is 423. The monoisotopic (exact) mass is 307 g/mol. The van der Waals surface area contributed by atoms with Gasteiger partial charge in [-0.2, -0.15) is 0 Å². The average molecular weight is 308 g/mol. The molecule has 1 aromatic carbocycles. The van der Waals surface area contributed by atoms with Crippen LogP contribution in [-0.2, 0) is 11.2 Å². The normalized spacial score (nSPS) is 23.4. The molecule has 1 aliphatic heterocycles. The first kappa shape index (κ1) is 15.3. The Hall–Kier alpha value is -0.570. The molecule has 1 aliphatic carbocycles. The fourth-order valence-electron chi connectivity index (χ4n) is 3.14. The van der Waals surface area contributed by atoms with Crippen LogP contribution in [0.3, 0.4) is 0 Å². The number of rotatable bonds is 8. The van der Waals surface area contributed by atoms with Gasteiger partial charge in [-0.1, -0.05) is 23.7 Å². The summed E-state index contributed by atoms with van der Waals surface area (Å²) in [5.74, 6) is 0.705. The Morgan fingerprint density at radius 3 is 2.67 bits per heavy atom. The van der Waals surface area contributed by atoms with E-state index in [0.717, 1.165) is 30.6 Å². The largest absolute Gasteiger partial charge is 0.378 e. The lowest BCUT2D eigenvalue weighted by atomic mass is 9.93. The van der Waals surface area contributed by atoms with E-state index in [1.54, 1.807) is 0 Å². The molecule has 116 valence electrons. The van der Waals surface area contributed by atoms with Gasteiger partial charge in [-0.25, -0.2) is 0 Å². The molecule has 3 heteroatoms. The van der Waals surface area contributed by atoms with E-state index in [4.69, 9.17) is 16.3 Å². The summed E-state index contributed by atoms with van der Waals surface area (Å²) in [6.45, 7) is 2.10. The molecule has 0 radical (unpaired) electrons. The maximum Gasteiger partial charge on any atom is 0.0576 e. The zero-order chi connectivity index (χ0) is 14.5. The summed E-state index contributed by atoms with van der Waals surface area (Å²) in [5, 5.41) is 4.52. The van der Waals surface area contributed by atoms with Gasteiger partial charge >= 0.3 is 0 Å². The van der Waals surface area contributed by atoms with Crippen molar-refractivity contribution in [1.29, 1.82) is 0 Å². The van der Waals surface area contributed by atoms with Crippen LogP contribution in [0.25, 0.3) is 0 Å². The number of nitrogens with one attached hydrogen (secondary N) is 1. The fourth-order valence-corrected chi connectivity index (χ4v) is 3.27. The fraction of sp³-hybridized carbons (Fsp3) is 0.667. The molecule has 2 nitrogen and oxygen atoms in total. The van der Waals surface area contributed by atoms with E-state index < -0.39 is 0 Å². The molecule has 21 heavy (non-hydrogen) atoms. The SMILES string of the molecule is Clc1ccc(CC(CCC2CCCO2)CNC2CC2)cc1. The number of ether oxygens (including phenoxy) is 1. The highest BCUT2D eigenvalue weighted by Gasteiger charge is 2.23. The highest BCUT2D eigenvalue weighted by Crippen LogP contribution is 2.24. The van der Waals surface area contributed by atoms with Crippen LogP contribution in [0.5, 0.6) is 0 Å². The zero-order valence-electron chi connectivity index (χ0n) is 12.7. The van der Waals surface area contributed by atoms with E-state index in [0.29, 0.717) is 12.0 Å². The molecule has 2 unspecified atom stereocenters. The van der Waals surface area contributed by atoms with Gasteiger partial charge in [0.1, 0.15) is 0 Å². The van der Waals surface area contributed by atoms with Crippen LogP contribution in [0.1, 0.15) is 44.1 Å². The lowest BCUT2D eigenvalue weighted by Gasteiger charge is -2.20. The Morgan fingerprint density at radius 1 is 1.19 bits per heavy atom. The minimum absolute atomic E-state index is 0.513. The molecule has 1 aromatic rings. The number of hydrogen-bond acceptors (Lipinski definition) is 2. The highest BCUT2D eigenvalue weighted by atomic mass is 35.5. The Morgan fingerprint density at radius 2 is 2.00 bits per heavy atom. The van der Waals surface area contributed by atoms with Crippen molar-refractivity contribution < 1.29 is 4.74 Å². The van der Waals surface area contributed by atoms with Crippen LogP contribution in [0.2, 0.25) is 5.02 Å². The molecule has 1 N–H and O–H groups in total. The van der Waals surface area contributed by atoms with Gasteiger partial charge in [0.2, 0.25) is 0 Å². The van der Waals surface area contributed by atoms with Crippen molar-refractivity contribution in [2.45, 2.75) is 57.1 Å². The Labute approximate surface area is 133 Å². The number of halogens is 1. The van der Waals surface area contributed by atoms with Gasteiger partial charge in [-0.15, -0.1) is 0 Å². The van der Waals surface area contributed by atoms with Crippen LogP contribution in [0.15, 0.2) is 24.3 Å². The second-order valence-corrected chi connectivity index (χ2v) is 7.03. The summed E-state index contributed by atoms with van der Waals surface area (Å²) in [6, 6.07) is 9.13. The lowest BCUT2D eigenvalue weighted by Crippen LogP contribution is -2.27. The Balaban J connectivity index is 1.50. The number of benzene rings is 1. The van der Waals surface area contributed by atoms with Gasteiger partial charge < -0.3 is 10.1 Å². The summed E-state index contributed by atoms with van der Waals surface area (Å²) in [5.41, 5.74) is 1.40. The maximum atomic E-state index is 5.98. The van der Waals surface area contributed by atoms with Crippen LogP contribution < -0.4 is 5.32 Å². The van der Waals surface area contributed by atoms with Gasteiger partial charge in [0.05, 0.1) is 6.10 Å². The second kappa shape index (κ2) is 7.62.